The molecule has 1 rings (SSSR count). The van der Waals surface area contributed by atoms with E-state index < -0.39 is 0 Å². The molecule has 0 unspecified atom stereocenters. The van der Waals surface area contributed by atoms with Crippen LogP contribution in [0.2, 0.25) is 0 Å². The summed E-state index contributed by atoms with van der Waals surface area (Å²) in [5.74, 6) is 0.150. The van der Waals surface area contributed by atoms with Crippen molar-refractivity contribution in [3.8, 4) is 5.75 Å². The molecule has 5 heteroatoms. The second-order valence-corrected chi connectivity index (χ2v) is 6.34. The SMILES string of the molecule is CCCCCCN(CCCCCC)C(=O)N/N=C/c1ccccc1O. The molecule has 1 aromatic rings. The van der Waals surface area contributed by atoms with Crippen molar-refractivity contribution in [2.24, 2.45) is 5.10 Å². The van der Waals surface area contributed by atoms with E-state index in [0.717, 1.165) is 38.8 Å². The molecular formula is C20H33N3O2. The van der Waals surface area contributed by atoms with E-state index in [1.54, 1.807) is 18.2 Å². The number of urea groups is 1. The van der Waals surface area contributed by atoms with Crippen molar-refractivity contribution in [2.75, 3.05) is 13.1 Å². The average molecular weight is 348 g/mol. The Morgan fingerprint density at radius 2 is 1.64 bits per heavy atom. The number of nitrogens with zero attached hydrogens (tertiary/aromatic N) is 2. The van der Waals surface area contributed by atoms with Gasteiger partial charge in [0.25, 0.3) is 0 Å². The van der Waals surface area contributed by atoms with E-state index in [9.17, 15) is 9.90 Å². The molecule has 0 aliphatic carbocycles. The number of carbonyl (C=O) groups is 1. The lowest BCUT2D eigenvalue weighted by molar-refractivity contribution is 0.195. The minimum Gasteiger partial charge on any atom is -0.507 e. The van der Waals surface area contributed by atoms with Gasteiger partial charge in [-0.3, -0.25) is 0 Å². The molecule has 1 aromatic carbocycles. The van der Waals surface area contributed by atoms with Gasteiger partial charge >= 0.3 is 6.03 Å². The Labute approximate surface area is 152 Å². The van der Waals surface area contributed by atoms with Gasteiger partial charge in [-0.25, -0.2) is 10.2 Å². The summed E-state index contributed by atoms with van der Waals surface area (Å²) in [7, 11) is 0. The summed E-state index contributed by atoms with van der Waals surface area (Å²) in [6.45, 7) is 5.90. The van der Waals surface area contributed by atoms with Crippen LogP contribution in [0, 0.1) is 0 Å². The lowest BCUT2D eigenvalue weighted by Gasteiger charge is -2.22. The molecule has 2 N–H and O–H groups in total. The number of phenolic OH excluding ortho intramolecular Hbond substituents is 1. The fraction of sp³-hybridized carbons (Fsp3) is 0.600. The number of amides is 2. The van der Waals surface area contributed by atoms with Crippen LogP contribution < -0.4 is 5.43 Å². The van der Waals surface area contributed by atoms with Crippen molar-refractivity contribution >= 4 is 12.2 Å². The van der Waals surface area contributed by atoms with Gasteiger partial charge in [0.2, 0.25) is 0 Å². The summed E-state index contributed by atoms with van der Waals surface area (Å²) in [6.07, 6.45) is 10.6. The first kappa shape index (κ1) is 21.0. The number of hydrogen-bond acceptors (Lipinski definition) is 3. The molecule has 0 bridgehead atoms. The molecule has 0 atom stereocenters. The van der Waals surface area contributed by atoms with Crippen LogP contribution in [0.5, 0.6) is 5.75 Å². The van der Waals surface area contributed by atoms with Crippen LogP contribution in [0.1, 0.15) is 70.8 Å². The quantitative estimate of drug-likeness (QED) is 0.321. The van der Waals surface area contributed by atoms with Crippen molar-refractivity contribution in [3.05, 3.63) is 29.8 Å². The number of unbranched alkanes of at least 4 members (excludes halogenated alkanes) is 6. The van der Waals surface area contributed by atoms with E-state index >= 15 is 0 Å². The highest BCUT2D eigenvalue weighted by Gasteiger charge is 2.11. The van der Waals surface area contributed by atoms with Gasteiger partial charge in [-0.05, 0) is 25.0 Å². The average Bonchev–Trinajstić information content (AvgIpc) is 2.62. The molecule has 140 valence electrons. The van der Waals surface area contributed by atoms with E-state index in [4.69, 9.17) is 0 Å². The summed E-state index contributed by atoms with van der Waals surface area (Å²) in [5.41, 5.74) is 3.17. The maximum Gasteiger partial charge on any atom is 0.337 e. The minimum absolute atomic E-state index is 0.150. The fourth-order valence-electron chi connectivity index (χ4n) is 2.60. The number of hydrazone groups is 1. The van der Waals surface area contributed by atoms with E-state index in [-0.39, 0.29) is 11.8 Å². The lowest BCUT2D eigenvalue weighted by atomic mass is 10.2. The zero-order valence-corrected chi connectivity index (χ0v) is 15.7. The molecule has 0 saturated heterocycles. The van der Waals surface area contributed by atoms with Crippen LogP contribution in [0.25, 0.3) is 0 Å². The third kappa shape index (κ3) is 9.13. The Kier molecular flexibility index (Phi) is 11.2. The molecule has 0 aromatic heterocycles. The predicted octanol–water partition coefficient (Wildman–Crippen LogP) is 4.90. The second-order valence-electron chi connectivity index (χ2n) is 6.34. The molecule has 0 aliphatic rings. The Balaban J connectivity index is 2.50. The van der Waals surface area contributed by atoms with Gasteiger partial charge in [0.05, 0.1) is 6.21 Å². The van der Waals surface area contributed by atoms with E-state index in [0.29, 0.717) is 5.56 Å². The predicted molar refractivity (Wildman–Crippen MR) is 104 cm³/mol. The van der Waals surface area contributed by atoms with Crippen molar-refractivity contribution in [1.29, 1.82) is 0 Å². The maximum absolute atomic E-state index is 12.4. The molecule has 0 radical (unpaired) electrons. The van der Waals surface area contributed by atoms with Crippen molar-refractivity contribution in [2.45, 2.75) is 65.2 Å². The molecular weight excluding hydrogens is 314 g/mol. The molecule has 0 fully saturated rings. The number of phenols is 1. The summed E-state index contributed by atoms with van der Waals surface area (Å²) in [6, 6.07) is 6.74. The van der Waals surface area contributed by atoms with Crippen LogP contribution in [0.3, 0.4) is 0 Å². The highest BCUT2D eigenvalue weighted by atomic mass is 16.3. The number of benzene rings is 1. The molecule has 0 saturated carbocycles. The van der Waals surface area contributed by atoms with Crippen LogP contribution in [0.4, 0.5) is 4.79 Å². The summed E-state index contributed by atoms with van der Waals surface area (Å²) >= 11 is 0. The smallest absolute Gasteiger partial charge is 0.337 e. The Hall–Kier alpha value is -2.04. The summed E-state index contributed by atoms with van der Waals surface area (Å²) in [4.78, 5) is 14.2. The summed E-state index contributed by atoms with van der Waals surface area (Å²) in [5, 5.41) is 13.7. The van der Waals surface area contributed by atoms with Gasteiger partial charge in [-0.2, -0.15) is 5.10 Å². The highest BCUT2D eigenvalue weighted by Crippen LogP contribution is 2.12. The molecule has 25 heavy (non-hydrogen) atoms. The minimum atomic E-state index is -0.167. The number of nitrogens with one attached hydrogen (secondary N) is 1. The lowest BCUT2D eigenvalue weighted by Crippen LogP contribution is -2.39. The van der Waals surface area contributed by atoms with E-state index in [1.807, 2.05) is 11.0 Å². The second kappa shape index (κ2) is 13.3. The first-order chi connectivity index (χ1) is 12.2. The van der Waals surface area contributed by atoms with Gasteiger partial charge in [0.1, 0.15) is 5.75 Å². The maximum atomic E-state index is 12.4. The van der Waals surface area contributed by atoms with E-state index in [2.05, 4.69) is 24.4 Å². The van der Waals surface area contributed by atoms with Crippen LogP contribution in [-0.2, 0) is 0 Å². The van der Waals surface area contributed by atoms with Crippen LogP contribution in [-0.4, -0.2) is 35.3 Å². The normalized spacial score (nSPS) is 11.0. The number of aromatic hydroxyl groups is 1. The number of rotatable bonds is 12. The van der Waals surface area contributed by atoms with Crippen molar-refractivity contribution < 1.29 is 9.90 Å². The monoisotopic (exact) mass is 347 g/mol. The molecule has 5 nitrogen and oxygen atoms in total. The molecule has 0 heterocycles. The van der Waals surface area contributed by atoms with Crippen molar-refractivity contribution in [1.82, 2.24) is 10.3 Å². The highest BCUT2D eigenvalue weighted by molar-refractivity contribution is 5.84. The van der Waals surface area contributed by atoms with Crippen molar-refractivity contribution in [3.63, 3.8) is 0 Å². The Bertz CT molecular complexity index is 505. The van der Waals surface area contributed by atoms with E-state index in [1.165, 1.54) is 31.9 Å². The third-order valence-electron chi connectivity index (χ3n) is 4.15. The topological polar surface area (TPSA) is 64.9 Å². The summed E-state index contributed by atoms with van der Waals surface area (Å²) < 4.78 is 0. The zero-order chi connectivity index (χ0) is 18.3. The first-order valence-electron chi connectivity index (χ1n) is 9.55. The third-order valence-corrected chi connectivity index (χ3v) is 4.15. The standard InChI is InChI=1S/C20H33N3O2/c1-3-5-7-11-15-23(16-12-8-6-4-2)20(25)22-21-17-18-13-9-10-14-19(18)24/h9-10,13-14,17,24H,3-8,11-12,15-16H2,1-2H3,(H,22,25)/b21-17+. The van der Waals surface area contributed by atoms with Gasteiger partial charge < -0.3 is 10.0 Å². The number of hydrogen-bond donors (Lipinski definition) is 2. The molecule has 2 amide bonds. The van der Waals surface area contributed by atoms with Crippen LogP contribution >= 0.6 is 0 Å². The fourth-order valence-corrected chi connectivity index (χ4v) is 2.60. The van der Waals surface area contributed by atoms with Gasteiger partial charge in [-0.15, -0.1) is 0 Å². The van der Waals surface area contributed by atoms with Gasteiger partial charge in [0.15, 0.2) is 0 Å². The molecule has 0 aliphatic heterocycles. The first-order valence-corrected chi connectivity index (χ1v) is 9.55. The Morgan fingerprint density at radius 1 is 1.04 bits per heavy atom. The van der Waals surface area contributed by atoms with Gasteiger partial charge in [0, 0.05) is 18.7 Å². The van der Waals surface area contributed by atoms with Crippen LogP contribution in [0.15, 0.2) is 29.4 Å². The number of para-hydroxylation sites is 1. The van der Waals surface area contributed by atoms with Gasteiger partial charge in [-0.1, -0.05) is 64.5 Å². The largest absolute Gasteiger partial charge is 0.507 e. The Morgan fingerprint density at radius 3 is 2.20 bits per heavy atom. The zero-order valence-electron chi connectivity index (χ0n) is 15.7. The number of carbonyl (C=O) groups excluding carboxylic acids is 1. The molecule has 0 spiro atoms.